The van der Waals surface area contributed by atoms with E-state index in [-0.39, 0.29) is 11.8 Å². The van der Waals surface area contributed by atoms with E-state index in [1.807, 2.05) is 5.38 Å². The summed E-state index contributed by atoms with van der Waals surface area (Å²) in [6, 6.07) is 6.44. The molecular formula is C20H21NO3S. The normalized spacial score (nSPS) is 16.2. The highest BCUT2D eigenvalue weighted by atomic mass is 32.1. The number of esters is 1. The number of rotatable bonds is 4. The highest BCUT2D eigenvalue weighted by Crippen LogP contribution is 2.39. The lowest BCUT2D eigenvalue weighted by Gasteiger charge is -2.16. The Labute approximate surface area is 151 Å². The van der Waals surface area contributed by atoms with E-state index in [0.29, 0.717) is 10.6 Å². The zero-order valence-electron chi connectivity index (χ0n) is 14.3. The van der Waals surface area contributed by atoms with Crippen molar-refractivity contribution in [2.24, 2.45) is 5.92 Å². The van der Waals surface area contributed by atoms with Gasteiger partial charge in [-0.25, -0.2) is 4.79 Å². The van der Waals surface area contributed by atoms with Gasteiger partial charge in [0.05, 0.1) is 7.11 Å². The van der Waals surface area contributed by atoms with Gasteiger partial charge in [-0.15, -0.1) is 11.3 Å². The first-order valence-electron chi connectivity index (χ1n) is 8.80. The van der Waals surface area contributed by atoms with Crippen molar-refractivity contribution < 1.29 is 14.3 Å². The quantitative estimate of drug-likeness (QED) is 0.826. The molecule has 2 aliphatic rings. The minimum absolute atomic E-state index is 0.00370. The van der Waals surface area contributed by atoms with Crippen LogP contribution in [-0.2, 0) is 22.4 Å². The summed E-state index contributed by atoms with van der Waals surface area (Å²) in [5.74, 6) is -0.302. The monoisotopic (exact) mass is 355 g/mol. The summed E-state index contributed by atoms with van der Waals surface area (Å²) in [4.78, 5) is 24.5. The fourth-order valence-electron chi connectivity index (χ4n) is 3.43. The van der Waals surface area contributed by atoms with Crippen LogP contribution in [0.1, 0.15) is 47.2 Å². The molecule has 1 N–H and O–H groups in total. The van der Waals surface area contributed by atoms with Gasteiger partial charge in [-0.1, -0.05) is 18.2 Å². The fourth-order valence-corrected chi connectivity index (χ4v) is 4.39. The first kappa shape index (κ1) is 16.3. The van der Waals surface area contributed by atoms with Crippen molar-refractivity contribution >= 4 is 28.2 Å². The molecule has 1 fully saturated rings. The molecule has 1 heterocycles. The Bertz CT molecular complexity index is 835. The number of anilines is 1. The zero-order valence-corrected chi connectivity index (χ0v) is 15.1. The standard InChI is InChI=1S/C20H21NO3S/c1-24-20(23)17-16(11-25-19(17)21-18(22)13-7-8-13)15-9-6-12-4-2-3-5-14(12)10-15/h6,9-11,13H,2-5,7-8H2,1H3,(H,21,22). The Balaban J connectivity index is 1.72. The summed E-state index contributed by atoms with van der Waals surface area (Å²) < 4.78 is 4.98. The van der Waals surface area contributed by atoms with E-state index in [0.717, 1.165) is 36.8 Å². The average molecular weight is 355 g/mol. The second-order valence-electron chi connectivity index (χ2n) is 6.80. The SMILES string of the molecule is COC(=O)c1c(-c2ccc3c(c2)CCCC3)csc1NC(=O)C1CC1. The van der Waals surface area contributed by atoms with Crippen molar-refractivity contribution in [1.82, 2.24) is 0 Å². The van der Waals surface area contributed by atoms with Gasteiger partial charge >= 0.3 is 5.97 Å². The van der Waals surface area contributed by atoms with Gasteiger partial charge in [0.25, 0.3) is 0 Å². The molecule has 4 nitrogen and oxygen atoms in total. The number of hydrogen-bond donors (Lipinski definition) is 1. The number of carbonyl (C=O) groups excluding carboxylic acids is 2. The summed E-state index contributed by atoms with van der Waals surface area (Å²) in [5.41, 5.74) is 5.11. The van der Waals surface area contributed by atoms with E-state index in [2.05, 4.69) is 23.5 Å². The summed E-state index contributed by atoms with van der Waals surface area (Å²) in [6.07, 6.45) is 6.55. The molecule has 1 aromatic heterocycles. The molecule has 5 heteroatoms. The van der Waals surface area contributed by atoms with Crippen LogP contribution in [0.4, 0.5) is 5.00 Å². The molecule has 4 rings (SSSR count). The highest BCUT2D eigenvalue weighted by Gasteiger charge is 2.31. The molecule has 0 radical (unpaired) electrons. The van der Waals surface area contributed by atoms with Gasteiger partial charge < -0.3 is 10.1 Å². The number of aryl methyl sites for hydroxylation is 2. The maximum absolute atomic E-state index is 12.4. The molecule has 1 saturated carbocycles. The minimum atomic E-state index is -0.403. The van der Waals surface area contributed by atoms with Crippen molar-refractivity contribution in [3.05, 3.63) is 40.3 Å². The molecule has 0 atom stereocenters. The molecule has 1 aromatic carbocycles. The molecular weight excluding hydrogens is 334 g/mol. The van der Waals surface area contributed by atoms with Crippen LogP contribution in [0.3, 0.4) is 0 Å². The van der Waals surface area contributed by atoms with Crippen LogP contribution in [0.5, 0.6) is 0 Å². The topological polar surface area (TPSA) is 55.4 Å². The van der Waals surface area contributed by atoms with Gasteiger partial charge in [-0.3, -0.25) is 4.79 Å². The third-order valence-corrected chi connectivity index (χ3v) is 5.92. The third-order valence-electron chi connectivity index (χ3n) is 5.02. The van der Waals surface area contributed by atoms with Gasteiger partial charge in [0.2, 0.25) is 5.91 Å². The molecule has 0 aliphatic heterocycles. The number of thiophene rings is 1. The van der Waals surface area contributed by atoms with Crippen molar-refractivity contribution in [3.63, 3.8) is 0 Å². The Hall–Kier alpha value is -2.14. The Kier molecular flexibility index (Phi) is 4.34. The second kappa shape index (κ2) is 6.64. The van der Waals surface area contributed by atoms with Crippen molar-refractivity contribution in [3.8, 4) is 11.1 Å². The van der Waals surface area contributed by atoms with Crippen molar-refractivity contribution in [1.29, 1.82) is 0 Å². The summed E-state index contributed by atoms with van der Waals surface area (Å²) >= 11 is 1.39. The highest BCUT2D eigenvalue weighted by molar-refractivity contribution is 7.15. The van der Waals surface area contributed by atoms with Crippen LogP contribution in [0.15, 0.2) is 23.6 Å². The molecule has 0 spiro atoms. The third kappa shape index (κ3) is 3.21. The minimum Gasteiger partial charge on any atom is -0.465 e. The number of methoxy groups -OCH3 is 1. The maximum Gasteiger partial charge on any atom is 0.341 e. The molecule has 0 bridgehead atoms. The zero-order chi connectivity index (χ0) is 17.4. The van der Waals surface area contributed by atoms with Crippen molar-refractivity contribution in [2.75, 3.05) is 12.4 Å². The number of ether oxygens (including phenoxy) is 1. The van der Waals surface area contributed by atoms with E-state index in [4.69, 9.17) is 4.74 Å². The first-order chi connectivity index (χ1) is 12.2. The van der Waals surface area contributed by atoms with E-state index in [1.54, 1.807) is 0 Å². The molecule has 25 heavy (non-hydrogen) atoms. The van der Waals surface area contributed by atoms with Crippen LogP contribution in [0.25, 0.3) is 11.1 Å². The number of hydrogen-bond acceptors (Lipinski definition) is 4. The average Bonchev–Trinajstić information content (AvgIpc) is 3.42. The largest absolute Gasteiger partial charge is 0.465 e. The molecule has 2 aliphatic carbocycles. The van der Waals surface area contributed by atoms with Crippen LogP contribution in [0, 0.1) is 5.92 Å². The summed E-state index contributed by atoms with van der Waals surface area (Å²) in [7, 11) is 1.38. The number of carbonyl (C=O) groups is 2. The van der Waals surface area contributed by atoms with Gasteiger partial charge in [0.15, 0.2) is 0 Å². The van der Waals surface area contributed by atoms with E-state index < -0.39 is 5.97 Å². The smallest absolute Gasteiger partial charge is 0.341 e. The Morgan fingerprint density at radius 3 is 2.64 bits per heavy atom. The lowest BCUT2D eigenvalue weighted by Crippen LogP contribution is -2.15. The second-order valence-corrected chi connectivity index (χ2v) is 7.68. The summed E-state index contributed by atoms with van der Waals surface area (Å²) in [6.45, 7) is 0. The number of amides is 1. The number of benzene rings is 1. The van der Waals surface area contributed by atoms with Crippen molar-refractivity contribution in [2.45, 2.75) is 38.5 Å². The van der Waals surface area contributed by atoms with Crippen LogP contribution in [-0.4, -0.2) is 19.0 Å². The Morgan fingerprint density at radius 1 is 1.16 bits per heavy atom. The molecule has 1 amide bonds. The number of fused-ring (bicyclic) bond motifs is 1. The molecule has 2 aromatic rings. The van der Waals surface area contributed by atoms with Gasteiger partial charge in [0, 0.05) is 16.9 Å². The van der Waals surface area contributed by atoms with Crippen LogP contribution < -0.4 is 5.32 Å². The van der Waals surface area contributed by atoms with Gasteiger partial charge in [-0.2, -0.15) is 0 Å². The molecule has 0 unspecified atom stereocenters. The maximum atomic E-state index is 12.4. The van der Waals surface area contributed by atoms with E-state index >= 15 is 0 Å². The number of nitrogens with one attached hydrogen (secondary N) is 1. The van der Waals surface area contributed by atoms with Crippen LogP contribution >= 0.6 is 11.3 Å². The molecule has 0 saturated heterocycles. The predicted octanol–water partition coefficient (Wildman–Crippen LogP) is 4.43. The first-order valence-corrected chi connectivity index (χ1v) is 9.68. The summed E-state index contributed by atoms with van der Waals surface area (Å²) in [5, 5.41) is 5.46. The van der Waals surface area contributed by atoms with Gasteiger partial charge in [0.1, 0.15) is 10.6 Å². The van der Waals surface area contributed by atoms with Gasteiger partial charge in [-0.05, 0) is 55.2 Å². The predicted molar refractivity (Wildman–Crippen MR) is 99.1 cm³/mol. The fraction of sp³-hybridized carbons (Fsp3) is 0.400. The molecule has 130 valence electrons. The lowest BCUT2D eigenvalue weighted by molar-refractivity contribution is -0.117. The van der Waals surface area contributed by atoms with E-state index in [9.17, 15) is 9.59 Å². The van der Waals surface area contributed by atoms with E-state index in [1.165, 1.54) is 42.4 Å². The van der Waals surface area contributed by atoms with Crippen LogP contribution in [0.2, 0.25) is 0 Å². The lowest BCUT2D eigenvalue weighted by atomic mass is 9.89. The Morgan fingerprint density at radius 2 is 1.92 bits per heavy atom.